The van der Waals surface area contributed by atoms with E-state index in [4.69, 9.17) is 26.1 Å². The molecule has 162 valence electrons. The summed E-state index contributed by atoms with van der Waals surface area (Å²) >= 11 is 5.48. The second-order valence-electron chi connectivity index (χ2n) is 6.49. The van der Waals surface area contributed by atoms with E-state index in [2.05, 4.69) is 30.9 Å². The van der Waals surface area contributed by atoms with Crippen molar-refractivity contribution in [1.29, 1.82) is 0 Å². The number of aromatic nitrogens is 2. The average molecular weight is 441 g/mol. The van der Waals surface area contributed by atoms with E-state index in [9.17, 15) is 0 Å². The molecule has 0 aliphatic rings. The van der Waals surface area contributed by atoms with Gasteiger partial charge in [-0.05, 0) is 56.4 Å². The lowest BCUT2D eigenvalue weighted by atomic mass is 10.2. The first-order valence-corrected chi connectivity index (χ1v) is 9.84. The number of ether oxygens (including phenoxy) is 2. The normalized spacial score (nSPS) is 11.0. The topological polar surface area (TPSA) is 106 Å². The quantitative estimate of drug-likeness (QED) is 0.301. The number of furan rings is 1. The summed E-state index contributed by atoms with van der Waals surface area (Å²) in [6.45, 7) is 4.10. The van der Waals surface area contributed by atoms with Crippen LogP contribution in [0.1, 0.15) is 17.1 Å². The van der Waals surface area contributed by atoms with Gasteiger partial charge in [0, 0.05) is 17.5 Å². The number of aryl methyl sites for hydroxylation is 2. The number of hydrogen-bond acceptors (Lipinski definition) is 7. The lowest BCUT2D eigenvalue weighted by Crippen LogP contribution is -2.39. The van der Waals surface area contributed by atoms with E-state index in [0.717, 1.165) is 11.4 Å². The van der Waals surface area contributed by atoms with E-state index in [0.29, 0.717) is 46.5 Å². The van der Waals surface area contributed by atoms with Crippen molar-refractivity contribution in [3.05, 3.63) is 59.8 Å². The molecule has 2 heterocycles. The summed E-state index contributed by atoms with van der Waals surface area (Å²) in [5, 5.41) is 9.52. The van der Waals surface area contributed by atoms with E-state index < -0.39 is 0 Å². The first-order valence-electron chi connectivity index (χ1n) is 9.43. The number of aliphatic imine (C=N–C) groups is 1. The van der Waals surface area contributed by atoms with Gasteiger partial charge < -0.3 is 24.5 Å². The molecule has 3 rings (SSSR count). The van der Waals surface area contributed by atoms with Crippen molar-refractivity contribution in [3.8, 4) is 11.5 Å². The van der Waals surface area contributed by atoms with Crippen LogP contribution in [-0.4, -0.2) is 35.3 Å². The van der Waals surface area contributed by atoms with Crippen LogP contribution in [0, 0.1) is 13.8 Å². The molecule has 0 radical (unpaired) electrons. The first-order chi connectivity index (χ1) is 15.0. The summed E-state index contributed by atoms with van der Waals surface area (Å²) in [7, 11) is 3.17. The molecule has 0 aliphatic heterocycles. The SMILES string of the molecule is COc1ccc(OC)c(NC(=S)NC(=NCc2ccco2)Nc2nc(C)cc(C)n2)c1. The highest BCUT2D eigenvalue weighted by atomic mass is 32.1. The third kappa shape index (κ3) is 6.41. The Morgan fingerprint density at radius 2 is 1.84 bits per heavy atom. The second-order valence-corrected chi connectivity index (χ2v) is 6.90. The van der Waals surface area contributed by atoms with Crippen LogP contribution in [-0.2, 0) is 6.54 Å². The standard InChI is InChI=1S/C21H24N6O3S/c1-13-10-14(2)24-20(23-13)26-19(22-12-16-6-5-9-30-16)27-21(31)25-17-11-15(28-3)7-8-18(17)29-4/h5-11H,12H2,1-4H3,(H3,22,23,24,25,26,27,31). The van der Waals surface area contributed by atoms with Gasteiger partial charge in [0.05, 0.1) is 26.2 Å². The highest BCUT2D eigenvalue weighted by Gasteiger charge is 2.11. The Labute approximate surface area is 185 Å². The average Bonchev–Trinajstić information content (AvgIpc) is 3.25. The Morgan fingerprint density at radius 3 is 2.48 bits per heavy atom. The molecule has 0 saturated heterocycles. The van der Waals surface area contributed by atoms with Gasteiger partial charge in [0.15, 0.2) is 5.11 Å². The lowest BCUT2D eigenvalue weighted by molar-refractivity contribution is 0.405. The fourth-order valence-electron chi connectivity index (χ4n) is 2.73. The van der Waals surface area contributed by atoms with Crippen molar-refractivity contribution < 1.29 is 13.9 Å². The smallest absolute Gasteiger partial charge is 0.229 e. The van der Waals surface area contributed by atoms with Crippen LogP contribution >= 0.6 is 12.2 Å². The number of methoxy groups -OCH3 is 2. The highest BCUT2D eigenvalue weighted by Crippen LogP contribution is 2.28. The molecule has 0 saturated carbocycles. The fourth-order valence-corrected chi connectivity index (χ4v) is 2.94. The molecular formula is C21H24N6O3S. The van der Waals surface area contributed by atoms with Crippen LogP contribution in [0.15, 0.2) is 52.1 Å². The molecule has 10 heteroatoms. The minimum absolute atomic E-state index is 0.293. The summed E-state index contributed by atoms with van der Waals surface area (Å²) in [5.74, 6) is 2.76. The zero-order valence-electron chi connectivity index (χ0n) is 17.7. The van der Waals surface area contributed by atoms with E-state index in [1.54, 1.807) is 44.7 Å². The van der Waals surface area contributed by atoms with Crippen LogP contribution in [0.5, 0.6) is 11.5 Å². The van der Waals surface area contributed by atoms with E-state index in [1.807, 2.05) is 26.0 Å². The second kappa shape index (κ2) is 10.4. The first kappa shape index (κ1) is 22.0. The molecule has 0 spiro atoms. The molecule has 0 unspecified atom stereocenters. The molecule has 3 N–H and O–H groups in total. The minimum Gasteiger partial charge on any atom is -0.497 e. The van der Waals surface area contributed by atoms with Gasteiger partial charge in [-0.15, -0.1) is 0 Å². The number of nitrogens with one attached hydrogen (secondary N) is 3. The van der Waals surface area contributed by atoms with Crippen molar-refractivity contribution >= 4 is 34.9 Å². The van der Waals surface area contributed by atoms with Gasteiger partial charge in [0.2, 0.25) is 11.9 Å². The Bertz CT molecular complexity index is 1050. The summed E-state index contributed by atoms with van der Waals surface area (Å²) in [6, 6.07) is 10.9. The molecular weight excluding hydrogens is 416 g/mol. The van der Waals surface area contributed by atoms with Gasteiger partial charge in [-0.2, -0.15) is 0 Å². The van der Waals surface area contributed by atoms with E-state index >= 15 is 0 Å². The van der Waals surface area contributed by atoms with Crippen LogP contribution < -0.4 is 25.4 Å². The van der Waals surface area contributed by atoms with E-state index in [1.165, 1.54) is 0 Å². The number of thiocarbonyl (C=S) groups is 1. The summed E-state index contributed by atoms with van der Waals surface area (Å²) in [6.07, 6.45) is 1.60. The monoisotopic (exact) mass is 440 g/mol. The predicted molar refractivity (Wildman–Crippen MR) is 124 cm³/mol. The zero-order chi connectivity index (χ0) is 22.2. The van der Waals surface area contributed by atoms with Gasteiger partial charge in [0.25, 0.3) is 0 Å². The van der Waals surface area contributed by atoms with Crippen molar-refractivity contribution in [2.45, 2.75) is 20.4 Å². The number of benzene rings is 1. The number of rotatable bonds is 6. The number of guanidine groups is 1. The van der Waals surface area contributed by atoms with Crippen LogP contribution in [0.2, 0.25) is 0 Å². The largest absolute Gasteiger partial charge is 0.497 e. The maximum Gasteiger partial charge on any atom is 0.229 e. The Balaban J connectivity index is 1.78. The Morgan fingerprint density at radius 1 is 1.06 bits per heavy atom. The molecule has 0 atom stereocenters. The Hall–Kier alpha value is -3.66. The third-order valence-corrected chi connectivity index (χ3v) is 4.28. The van der Waals surface area contributed by atoms with Crippen molar-refractivity contribution in [1.82, 2.24) is 15.3 Å². The Kier molecular flexibility index (Phi) is 7.39. The summed E-state index contributed by atoms with van der Waals surface area (Å²) < 4.78 is 16.0. The van der Waals surface area contributed by atoms with Gasteiger partial charge in [-0.25, -0.2) is 15.0 Å². The molecule has 2 aromatic heterocycles. The van der Waals surface area contributed by atoms with Gasteiger partial charge in [-0.3, -0.25) is 5.32 Å². The highest BCUT2D eigenvalue weighted by molar-refractivity contribution is 7.80. The third-order valence-electron chi connectivity index (χ3n) is 4.07. The van der Waals surface area contributed by atoms with Crippen molar-refractivity contribution in [3.63, 3.8) is 0 Å². The van der Waals surface area contributed by atoms with Crippen LogP contribution in [0.25, 0.3) is 0 Å². The molecule has 9 nitrogen and oxygen atoms in total. The zero-order valence-corrected chi connectivity index (χ0v) is 18.5. The maximum atomic E-state index is 5.48. The molecule has 0 bridgehead atoms. The maximum absolute atomic E-state index is 5.48. The van der Waals surface area contributed by atoms with Gasteiger partial charge in [-0.1, -0.05) is 0 Å². The van der Waals surface area contributed by atoms with Crippen molar-refractivity contribution in [2.24, 2.45) is 4.99 Å². The predicted octanol–water partition coefficient (Wildman–Crippen LogP) is 3.66. The number of hydrogen-bond donors (Lipinski definition) is 3. The van der Waals surface area contributed by atoms with E-state index in [-0.39, 0.29) is 0 Å². The van der Waals surface area contributed by atoms with Crippen LogP contribution in [0.3, 0.4) is 0 Å². The molecule has 1 aromatic carbocycles. The van der Waals surface area contributed by atoms with Crippen molar-refractivity contribution in [2.75, 3.05) is 24.9 Å². The van der Waals surface area contributed by atoms with Crippen LogP contribution in [0.4, 0.5) is 11.6 Å². The molecule has 0 aliphatic carbocycles. The van der Waals surface area contributed by atoms with Gasteiger partial charge >= 0.3 is 0 Å². The minimum atomic E-state index is 0.293. The fraction of sp³-hybridized carbons (Fsp3) is 0.238. The lowest BCUT2D eigenvalue weighted by Gasteiger charge is -2.16. The summed E-state index contributed by atoms with van der Waals surface area (Å²) in [4.78, 5) is 13.3. The number of anilines is 2. The molecule has 3 aromatic rings. The molecule has 0 fully saturated rings. The molecule has 31 heavy (non-hydrogen) atoms. The summed E-state index contributed by atoms with van der Waals surface area (Å²) in [5.41, 5.74) is 2.32. The van der Waals surface area contributed by atoms with Gasteiger partial charge in [0.1, 0.15) is 23.8 Å². The molecule has 0 amide bonds. The number of nitrogens with zero attached hydrogens (tertiary/aromatic N) is 3.